The molecule has 1 aliphatic carbocycles. The van der Waals surface area contributed by atoms with Gasteiger partial charge >= 0.3 is 12.0 Å². The van der Waals surface area contributed by atoms with Crippen molar-refractivity contribution in [3.05, 3.63) is 0 Å². The van der Waals surface area contributed by atoms with Crippen LogP contribution in [0.2, 0.25) is 0 Å². The van der Waals surface area contributed by atoms with E-state index in [0.29, 0.717) is 6.54 Å². The van der Waals surface area contributed by atoms with E-state index in [9.17, 15) is 9.59 Å². The van der Waals surface area contributed by atoms with E-state index in [2.05, 4.69) is 15.5 Å². The molecular weight excluding hydrogens is 258 g/mol. The van der Waals surface area contributed by atoms with Crippen LogP contribution in [0.15, 0.2) is 0 Å². The van der Waals surface area contributed by atoms with Gasteiger partial charge in [-0.2, -0.15) is 0 Å². The van der Waals surface area contributed by atoms with E-state index in [4.69, 9.17) is 5.11 Å². The number of likely N-dealkylation sites (tertiary alicyclic amines) is 1. The lowest BCUT2D eigenvalue weighted by atomic mass is 10.0. The molecule has 0 aromatic carbocycles. The average molecular weight is 283 g/mol. The van der Waals surface area contributed by atoms with E-state index >= 15 is 0 Å². The molecule has 2 amide bonds. The van der Waals surface area contributed by atoms with Crippen LogP contribution in [0.4, 0.5) is 4.79 Å². The first kappa shape index (κ1) is 15.1. The van der Waals surface area contributed by atoms with Gasteiger partial charge in [-0.25, -0.2) is 4.79 Å². The van der Waals surface area contributed by atoms with Crippen LogP contribution in [0.25, 0.3) is 0 Å². The Morgan fingerprint density at radius 1 is 1.35 bits per heavy atom. The minimum absolute atomic E-state index is 0.00444. The van der Waals surface area contributed by atoms with E-state index < -0.39 is 5.97 Å². The molecule has 1 saturated heterocycles. The molecule has 3 N–H and O–H groups in total. The zero-order valence-electron chi connectivity index (χ0n) is 12.1. The molecule has 0 aromatic heterocycles. The van der Waals surface area contributed by atoms with Gasteiger partial charge < -0.3 is 15.7 Å². The topological polar surface area (TPSA) is 81.7 Å². The maximum absolute atomic E-state index is 11.8. The van der Waals surface area contributed by atoms with Crippen LogP contribution in [-0.4, -0.2) is 53.7 Å². The first-order chi connectivity index (χ1) is 9.58. The lowest BCUT2D eigenvalue weighted by Crippen LogP contribution is -2.45. The molecule has 0 radical (unpaired) electrons. The summed E-state index contributed by atoms with van der Waals surface area (Å²) in [6.07, 6.45) is 4.47. The number of urea groups is 1. The predicted molar refractivity (Wildman–Crippen MR) is 75.6 cm³/mol. The van der Waals surface area contributed by atoms with Gasteiger partial charge in [0.15, 0.2) is 0 Å². The lowest BCUT2D eigenvalue weighted by Gasteiger charge is -2.18. The normalized spacial score (nSPS) is 24.4. The minimum Gasteiger partial charge on any atom is -0.481 e. The van der Waals surface area contributed by atoms with E-state index in [0.717, 1.165) is 32.0 Å². The number of carboxylic acids is 1. The largest absolute Gasteiger partial charge is 0.481 e. The van der Waals surface area contributed by atoms with Gasteiger partial charge in [-0.1, -0.05) is 13.3 Å². The van der Waals surface area contributed by atoms with E-state index in [1.807, 2.05) is 6.92 Å². The van der Waals surface area contributed by atoms with Gasteiger partial charge in [0, 0.05) is 38.1 Å². The van der Waals surface area contributed by atoms with Crippen molar-refractivity contribution in [2.45, 2.75) is 51.1 Å². The van der Waals surface area contributed by atoms with E-state index in [-0.39, 0.29) is 24.4 Å². The van der Waals surface area contributed by atoms with Crippen LogP contribution in [0.3, 0.4) is 0 Å². The highest BCUT2D eigenvalue weighted by atomic mass is 16.4. The number of carboxylic acid groups (broad SMARTS) is 1. The molecule has 20 heavy (non-hydrogen) atoms. The van der Waals surface area contributed by atoms with Crippen LogP contribution < -0.4 is 10.6 Å². The van der Waals surface area contributed by atoms with Crippen LogP contribution in [0.5, 0.6) is 0 Å². The Labute approximate surface area is 119 Å². The molecule has 114 valence electrons. The van der Waals surface area contributed by atoms with Crippen molar-refractivity contribution in [2.75, 3.05) is 19.6 Å². The van der Waals surface area contributed by atoms with Crippen molar-refractivity contribution < 1.29 is 14.7 Å². The summed E-state index contributed by atoms with van der Waals surface area (Å²) in [5.74, 6) is -0.806. The second-order valence-electron chi connectivity index (χ2n) is 5.94. The molecule has 0 bridgehead atoms. The lowest BCUT2D eigenvalue weighted by molar-refractivity contribution is -0.138. The van der Waals surface area contributed by atoms with Crippen molar-refractivity contribution in [3.63, 3.8) is 0 Å². The van der Waals surface area contributed by atoms with Crippen molar-refractivity contribution in [1.29, 1.82) is 0 Å². The fraction of sp³-hybridized carbons (Fsp3) is 0.857. The maximum Gasteiger partial charge on any atom is 0.315 e. The average Bonchev–Trinajstić information content (AvgIpc) is 3.15. The quantitative estimate of drug-likeness (QED) is 0.651. The first-order valence-electron chi connectivity index (χ1n) is 7.58. The van der Waals surface area contributed by atoms with Crippen molar-refractivity contribution in [3.8, 4) is 0 Å². The molecule has 0 aromatic rings. The highest BCUT2D eigenvalue weighted by molar-refractivity contribution is 5.74. The highest BCUT2D eigenvalue weighted by Gasteiger charge is 2.34. The molecule has 6 nitrogen and oxygen atoms in total. The summed E-state index contributed by atoms with van der Waals surface area (Å²) in [6, 6.07) is 0.816. The summed E-state index contributed by atoms with van der Waals surface area (Å²) < 4.78 is 0. The summed E-state index contributed by atoms with van der Waals surface area (Å²) in [6.45, 7) is 4.39. The number of nitrogens with zero attached hydrogens (tertiary/aromatic N) is 1. The maximum atomic E-state index is 11.8. The zero-order valence-corrected chi connectivity index (χ0v) is 12.1. The summed E-state index contributed by atoms with van der Waals surface area (Å²) in [5, 5.41) is 14.5. The second kappa shape index (κ2) is 6.92. The molecule has 2 rings (SSSR count). The summed E-state index contributed by atoms with van der Waals surface area (Å²) in [5.41, 5.74) is 0. The smallest absolute Gasteiger partial charge is 0.315 e. The summed E-state index contributed by atoms with van der Waals surface area (Å²) >= 11 is 0. The molecule has 1 saturated carbocycles. The number of rotatable bonds is 7. The molecule has 2 unspecified atom stereocenters. The Bertz CT molecular complexity index is 358. The predicted octanol–water partition coefficient (Wildman–Crippen LogP) is 1.02. The number of hydrogen-bond donors (Lipinski definition) is 3. The summed E-state index contributed by atoms with van der Waals surface area (Å²) in [7, 11) is 0. The second-order valence-corrected chi connectivity index (χ2v) is 5.94. The Morgan fingerprint density at radius 2 is 2.10 bits per heavy atom. The number of aliphatic carboxylic acids is 1. The van der Waals surface area contributed by atoms with Crippen LogP contribution >= 0.6 is 0 Å². The fourth-order valence-corrected chi connectivity index (χ4v) is 2.76. The Kier molecular flexibility index (Phi) is 5.23. The third-order valence-electron chi connectivity index (χ3n) is 4.21. The molecule has 1 heterocycles. The van der Waals surface area contributed by atoms with Crippen LogP contribution in [0.1, 0.15) is 39.0 Å². The van der Waals surface area contributed by atoms with Gasteiger partial charge in [-0.05, 0) is 25.2 Å². The summed E-state index contributed by atoms with van der Waals surface area (Å²) in [4.78, 5) is 24.9. The number of hydrogen-bond acceptors (Lipinski definition) is 3. The fourth-order valence-electron chi connectivity index (χ4n) is 2.76. The van der Waals surface area contributed by atoms with Crippen LogP contribution in [-0.2, 0) is 4.79 Å². The van der Waals surface area contributed by atoms with Crippen molar-refractivity contribution >= 4 is 12.0 Å². The zero-order chi connectivity index (χ0) is 14.5. The van der Waals surface area contributed by atoms with Crippen LogP contribution in [0, 0.1) is 5.92 Å². The van der Waals surface area contributed by atoms with Gasteiger partial charge in [0.05, 0.1) is 0 Å². The molecule has 1 aliphatic heterocycles. The first-order valence-corrected chi connectivity index (χ1v) is 7.58. The van der Waals surface area contributed by atoms with E-state index in [1.165, 1.54) is 12.8 Å². The van der Waals surface area contributed by atoms with Gasteiger partial charge in [0.25, 0.3) is 0 Å². The molecular formula is C14H25N3O3. The Hall–Kier alpha value is -1.30. The van der Waals surface area contributed by atoms with Crippen molar-refractivity contribution in [2.24, 2.45) is 5.92 Å². The molecule has 2 atom stereocenters. The van der Waals surface area contributed by atoms with Gasteiger partial charge in [0.2, 0.25) is 0 Å². The van der Waals surface area contributed by atoms with Gasteiger partial charge in [-0.15, -0.1) is 0 Å². The SMILES string of the molecule is CCC(CNC(=O)NC1CCN(C2CC2)C1)CC(=O)O. The number of carbonyl (C=O) groups excluding carboxylic acids is 1. The molecule has 2 fully saturated rings. The van der Waals surface area contributed by atoms with Gasteiger partial charge in [-0.3, -0.25) is 9.69 Å². The van der Waals surface area contributed by atoms with Gasteiger partial charge in [0.1, 0.15) is 0 Å². The Morgan fingerprint density at radius 3 is 2.70 bits per heavy atom. The number of nitrogens with one attached hydrogen (secondary N) is 2. The molecule has 6 heteroatoms. The third kappa shape index (κ3) is 4.67. The molecule has 0 spiro atoms. The highest BCUT2D eigenvalue weighted by Crippen LogP contribution is 2.29. The monoisotopic (exact) mass is 283 g/mol. The van der Waals surface area contributed by atoms with E-state index in [1.54, 1.807) is 0 Å². The third-order valence-corrected chi connectivity index (χ3v) is 4.21. The molecule has 2 aliphatic rings. The number of carbonyl (C=O) groups is 2. The standard InChI is InChI=1S/C14H25N3O3/c1-2-10(7-13(18)19)8-15-14(20)16-11-5-6-17(9-11)12-3-4-12/h10-12H,2-9H2,1H3,(H,18,19)(H2,15,16,20). The van der Waals surface area contributed by atoms with Crippen molar-refractivity contribution in [1.82, 2.24) is 15.5 Å². The Balaban J connectivity index is 1.63. The number of amides is 2. The minimum atomic E-state index is -0.810.